The molecule has 1 heterocycles. The predicted octanol–water partition coefficient (Wildman–Crippen LogP) is 4.34. The first-order chi connectivity index (χ1) is 15.3. The van der Waals surface area contributed by atoms with Gasteiger partial charge in [-0.2, -0.15) is 0 Å². The van der Waals surface area contributed by atoms with E-state index in [2.05, 4.69) is 0 Å². The summed E-state index contributed by atoms with van der Waals surface area (Å²) in [7, 11) is 0. The highest BCUT2D eigenvalue weighted by atomic mass is 16.6. The Hall–Kier alpha value is -2.99. The second-order valence-electron chi connectivity index (χ2n) is 7.61. The highest BCUT2D eigenvalue weighted by Crippen LogP contribution is 2.20. The molecule has 3 unspecified atom stereocenters. The zero-order valence-electron chi connectivity index (χ0n) is 17.4. The molecule has 0 N–H and O–H groups in total. The maximum absolute atomic E-state index is 12.4. The van der Waals surface area contributed by atoms with Gasteiger partial charge >= 0.3 is 0 Å². The first-order valence-corrected chi connectivity index (χ1v) is 10.5. The number of benzene rings is 3. The van der Waals surface area contributed by atoms with Crippen LogP contribution >= 0.6 is 0 Å². The molecule has 1 aliphatic rings. The minimum atomic E-state index is -0.504. The summed E-state index contributed by atoms with van der Waals surface area (Å²) in [5.74, 6) is 0. The molecule has 0 bridgehead atoms. The third-order valence-corrected chi connectivity index (χ3v) is 5.24. The molecular formula is C26H27NO4. The summed E-state index contributed by atoms with van der Waals surface area (Å²) in [5.41, 5.74) is 3.16. The monoisotopic (exact) mass is 417 g/mol. The number of hydroxylamine groups is 1. The highest BCUT2D eigenvalue weighted by molar-refractivity contribution is 5.60. The van der Waals surface area contributed by atoms with Gasteiger partial charge in [0, 0.05) is 0 Å². The summed E-state index contributed by atoms with van der Waals surface area (Å²) in [6.45, 7) is 1.44. The molecule has 3 atom stereocenters. The van der Waals surface area contributed by atoms with E-state index in [9.17, 15) is 5.21 Å². The molecule has 0 fully saturated rings. The summed E-state index contributed by atoms with van der Waals surface area (Å²) in [6.07, 6.45) is 0.252. The van der Waals surface area contributed by atoms with Crippen LogP contribution in [0.15, 0.2) is 91.0 Å². The van der Waals surface area contributed by atoms with Gasteiger partial charge in [-0.05, 0) is 16.7 Å². The van der Waals surface area contributed by atoms with Gasteiger partial charge in [-0.3, -0.25) is 0 Å². The summed E-state index contributed by atoms with van der Waals surface area (Å²) in [5, 5.41) is 12.4. The van der Waals surface area contributed by atoms with E-state index in [0.29, 0.717) is 19.8 Å². The minimum Gasteiger partial charge on any atom is -0.624 e. The molecule has 0 aromatic heterocycles. The van der Waals surface area contributed by atoms with E-state index in [0.717, 1.165) is 21.4 Å². The van der Waals surface area contributed by atoms with Crippen LogP contribution in [0.1, 0.15) is 16.7 Å². The molecule has 0 saturated carbocycles. The molecule has 4 rings (SSSR count). The number of hydrogen-bond acceptors (Lipinski definition) is 4. The fraction of sp³-hybridized carbons (Fsp3) is 0.269. The lowest BCUT2D eigenvalue weighted by atomic mass is 10.0. The Balaban J connectivity index is 1.47. The second kappa shape index (κ2) is 10.9. The number of rotatable bonds is 9. The van der Waals surface area contributed by atoms with Crippen molar-refractivity contribution < 1.29 is 18.9 Å². The molecule has 1 aliphatic heterocycles. The third kappa shape index (κ3) is 6.25. The van der Waals surface area contributed by atoms with E-state index < -0.39 is 18.3 Å². The molecule has 5 heteroatoms. The summed E-state index contributed by atoms with van der Waals surface area (Å²) >= 11 is 0. The third-order valence-electron chi connectivity index (χ3n) is 5.24. The van der Waals surface area contributed by atoms with E-state index in [1.165, 1.54) is 0 Å². The SMILES string of the molecule is [O-][N+]1=CC(OCc2ccccc2)C(OCc2ccccc2)C(OCc2ccccc2)C1. The normalized spacial score (nSPS) is 20.9. The molecule has 0 spiro atoms. The van der Waals surface area contributed by atoms with Crippen LogP contribution < -0.4 is 0 Å². The Kier molecular flexibility index (Phi) is 7.45. The van der Waals surface area contributed by atoms with Crippen LogP contribution in [-0.2, 0) is 34.0 Å². The first kappa shape index (κ1) is 21.2. The smallest absolute Gasteiger partial charge is 0.182 e. The van der Waals surface area contributed by atoms with Crippen LogP contribution in [0.4, 0.5) is 0 Å². The van der Waals surface area contributed by atoms with E-state index in [1.54, 1.807) is 6.21 Å². The van der Waals surface area contributed by atoms with Crippen LogP contribution in [0.3, 0.4) is 0 Å². The lowest BCUT2D eigenvalue weighted by molar-refractivity contribution is -0.483. The zero-order valence-corrected chi connectivity index (χ0v) is 17.4. The van der Waals surface area contributed by atoms with Crippen LogP contribution in [0, 0.1) is 5.21 Å². The summed E-state index contributed by atoms with van der Waals surface area (Å²) in [6, 6.07) is 29.8. The van der Waals surface area contributed by atoms with Gasteiger partial charge in [-0.15, -0.1) is 0 Å². The van der Waals surface area contributed by atoms with Crippen molar-refractivity contribution in [3.8, 4) is 0 Å². The van der Waals surface area contributed by atoms with Crippen molar-refractivity contribution >= 4 is 6.21 Å². The van der Waals surface area contributed by atoms with Gasteiger partial charge in [0.1, 0.15) is 12.2 Å². The summed E-state index contributed by atoms with van der Waals surface area (Å²) < 4.78 is 19.4. The van der Waals surface area contributed by atoms with E-state index in [-0.39, 0.29) is 6.54 Å². The van der Waals surface area contributed by atoms with Gasteiger partial charge < -0.3 is 19.4 Å². The topological polar surface area (TPSA) is 53.8 Å². The maximum atomic E-state index is 12.4. The molecule has 160 valence electrons. The molecule has 5 nitrogen and oxygen atoms in total. The lowest BCUT2D eigenvalue weighted by Crippen LogP contribution is -2.52. The van der Waals surface area contributed by atoms with Gasteiger partial charge in [0.2, 0.25) is 0 Å². The number of hydrogen-bond donors (Lipinski definition) is 0. The first-order valence-electron chi connectivity index (χ1n) is 10.5. The highest BCUT2D eigenvalue weighted by Gasteiger charge is 2.39. The van der Waals surface area contributed by atoms with Crippen molar-refractivity contribution in [2.24, 2.45) is 0 Å². The predicted molar refractivity (Wildman–Crippen MR) is 120 cm³/mol. The molecule has 0 aliphatic carbocycles. The number of ether oxygens (including phenoxy) is 3. The molecule has 0 amide bonds. The van der Waals surface area contributed by atoms with Gasteiger partial charge in [-0.25, -0.2) is 4.74 Å². The fourth-order valence-electron chi connectivity index (χ4n) is 3.60. The van der Waals surface area contributed by atoms with Gasteiger partial charge in [0.25, 0.3) is 0 Å². The van der Waals surface area contributed by atoms with Crippen molar-refractivity contribution in [1.29, 1.82) is 0 Å². The van der Waals surface area contributed by atoms with Crippen molar-refractivity contribution in [3.63, 3.8) is 0 Å². The zero-order chi connectivity index (χ0) is 21.3. The summed E-state index contributed by atoms with van der Waals surface area (Å²) in [4.78, 5) is 0. The quantitative estimate of drug-likeness (QED) is 0.384. The Labute approximate surface area is 183 Å². The van der Waals surface area contributed by atoms with Crippen LogP contribution in [0.25, 0.3) is 0 Å². The Morgan fingerprint density at radius 1 is 0.645 bits per heavy atom. The van der Waals surface area contributed by atoms with Crippen molar-refractivity contribution in [2.45, 2.75) is 38.1 Å². The Bertz CT molecular complexity index is 947. The lowest BCUT2D eigenvalue weighted by Gasteiger charge is -2.33. The molecule has 31 heavy (non-hydrogen) atoms. The maximum Gasteiger partial charge on any atom is 0.182 e. The van der Waals surface area contributed by atoms with E-state index in [1.807, 2.05) is 91.0 Å². The van der Waals surface area contributed by atoms with Crippen LogP contribution in [0.5, 0.6) is 0 Å². The average Bonchev–Trinajstić information content (AvgIpc) is 2.82. The van der Waals surface area contributed by atoms with Crippen LogP contribution in [-0.4, -0.2) is 35.8 Å². The van der Waals surface area contributed by atoms with E-state index in [4.69, 9.17) is 14.2 Å². The Morgan fingerprint density at radius 3 is 1.61 bits per heavy atom. The minimum absolute atomic E-state index is 0.206. The average molecular weight is 418 g/mol. The molecular weight excluding hydrogens is 390 g/mol. The van der Waals surface area contributed by atoms with Crippen molar-refractivity contribution in [3.05, 3.63) is 113 Å². The van der Waals surface area contributed by atoms with Crippen molar-refractivity contribution in [1.82, 2.24) is 0 Å². The van der Waals surface area contributed by atoms with Crippen LogP contribution in [0.2, 0.25) is 0 Å². The largest absolute Gasteiger partial charge is 0.624 e. The van der Waals surface area contributed by atoms with Gasteiger partial charge in [0.05, 0.1) is 19.8 Å². The molecule has 0 saturated heterocycles. The molecule has 0 radical (unpaired) electrons. The van der Waals surface area contributed by atoms with Crippen molar-refractivity contribution in [2.75, 3.05) is 6.54 Å². The van der Waals surface area contributed by atoms with Gasteiger partial charge in [0.15, 0.2) is 18.9 Å². The Morgan fingerprint density at radius 2 is 1.10 bits per heavy atom. The van der Waals surface area contributed by atoms with Gasteiger partial charge in [-0.1, -0.05) is 91.0 Å². The number of nitrogens with zero attached hydrogens (tertiary/aromatic N) is 1. The second-order valence-corrected chi connectivity index (χ2v) is 7.61. The fourth-order valence-corrected chi connectivity index (χ4v) is 3.60. The molecule has 3 aromatic carbocycles. The standard InChI is InChI=1S/C26H27NO4/c28-27-16-24(29-18-21-10-4-1-5-11-21)26(31-20-23-14-8-3-9-15-23)25(17-27)30-19-22-12-6-2-7-13-22/h1-16,24-26H,17-20H2. The molecule has 3 aromatic rings. The van der Waals surface area contributed by atoms with E-state index >= 15 is 0 Å².